The second kappa shape index (κ2) is 22.8. The Bertz CT molecular complexity index is 224. The van der Waals surface area contributed by atoms with Crippen LogP contribution >= 0.6 is 0 Å². The van der Waals surface area contributed by atoms with E-state index in [-0.39, 0.29) is 0 Å². The molecule has 22 heavy (non-hydrogen) atoms. The van der Waals surface area contributed by atoms with Crippen LogP contribution in [0.15, 0.2) is 23.8 Å². The third-order valence-electron chi connectivity index (χ3n) is 4.01. The minimum atomic E-state index is 1.23. The number of rotatable bonds is 10. The van der Waals surface area contributed by atoms with E-state index in [1.54, 1.807) is 5.57 Å². The molecular weight excluding hydrogens is 264 g/mol. The summed E-state index contributed by atoms with van der Waals surface area (Å²) in [4.78, 5) is 0. The fourth-order valence-electron chi connectivity index (χ4n) is 2.51. The highest BCUT2D eigenvalue weighted by molar-refractivity contribution is 5.16. The van der Waals surface area contributed by atoms with Gasteiger partial charge in [0.25, 0.3) is 0 Å². The van der Waals surface area contributed by atoms with Crippen LogP contribution in [0, 0.1) is 0 Å². The predicted octanol–water partition coefficient (Wildman–Crippen LogP) is 8.63. The van der Waals surface area contributed by atoms with Crippen molar-refractivity contribution >= 4 is 0 Å². The molecule has 132 valence electrons. The smallest absolute Gasteiger partial charge is 0.0282 e. The van der Waals surface area contributed by atoms with Crippen LogP contribution in [0.25, 0.3) is 0 Å². The zero-order valence-corrected chi connectivity index (χ0v) is 16.4. The summed E-state index contributed by atoms with van der Waals surface area (Å²) in [5.74, 6) is 0. The SMILES string of the molecule is CC.CCC1=CC=CCC1.CCCCCCCCCCCC. The first-order valence-corrected chi connectivity index (χ1v) is 10.2. The molecule has 0 bridgehead atoms. The molecule has 0 radical (unpaired) electrons. The van der Waals surface area contributed by atoms with Gasteiger partial charge in [-0.15, -0.1) is 0 Å². The maximum Gasteiger partial charge on any atom is -0.0282 e. The molecule has 0 N–H and O–H groups in total. The summed E-state index contributed by atoms with van der Waals surface area (Å²) in [6.45, 7) is 10.8. The van der Waals surface area contributed by atoms with E-state index >= 15 is 0 Å². The van der Waals surface area contributed by atoms with E-state index < -0.39 is 0 Å². The van der Waals surface area contributed by atoms with Crippen LogP contribution < -0.4 is 0 Å². The molecular formula is C22H44. The Balaban J connectivity index is 0. The molecule has 0 spiro atoms. The van der Waals surface area contributed by atoms with E-state index in [0.29, 0.717) is 0 Å². The summed E-state index contributed by atoms with van der Waals surface area (Å²) < 4.78 is 0. The molecule has 0 heteroatoms. The summed E-state index contributed by atoms with van der Waals surface area (Å²) >= 11 is 0. The molecule has 0 aromatic heterocycles. The fraction of sp³-hybridized carbons (Fsp3) is 0.818. The van der Waals surface area contributed by atoms with Gasteiger partial charge in [0, 0.05) is 0 Å². The molecule has 0 amide bonds. The van der Waals surface area contributed by atoms with Crippen LogP contribution in [0.5, 0.6) is 0 Å². The molecule has 1 aliphatic rings. The first-order chi connectivity index (χ1) is 10.8. The first-order valence-electron chi connectivity index (χ1n) is 10.2. The average molecular weight is 309 g/mol. The van der Waals surface area contributed by atoms with Crippen molar-refractivity contribution in [3.05, 3.63) is 23.8 Å². The van der Waals surface area contributed by atoms with Crippen molar-refractivity contribution < 1.29 is 0 Å². The standard InChI is InChI=1S/C12H26.C8H12.C2H6/c1-3-5-7-9-11-12-10-8-6-4-2;1-2-8-6-4-3-5-7-8;1-2/h3-12H2,1-2H3;3-4,6H,2,5,7H2,1H3;1-2H3. The molecule has 0 aromatic rings. The van der Waals surface area contributed by atoms with Crippen LogP contribution in [-0.2, 0) is 0 Å². The largest absolute Gasteiger partial charge is 0.0842 e. The van der Waals surface area contributed by atoms with Gasteiger partial charge in [0.05, 0.1) is 0 Å². The molecule has 0 nitrogen and oxygen atoms in total. The van der Waals surface area contributed by atoms with E-state index in [0.717, 1.165) is 0 Å². The minimum absolute atomic E-state index is 1.23. The Labute approximate surface area is 142 Å². The third-order valence-corrected chi connectivity index (χ3v) is 4.01. The summed E-state index contributed by atoms with van der Waals surface area (Å²) in [7, 11) is 0. The molecule has 1 rings (SSSR count). The highest BCUT2D eigenvalue weighted by Crippen LogP contribution is 2.13. The summed E-state index contributed by atoms with van der Waals surface area (Å²) in [5.41, 5.74) is 1.59. The van der Waals surface area contributed by atoms with Crippen molar-refractivity contribution in [2.45, 2.75) is 118 Å². The number of hydrogen-bond acceptors (Lipinski definition) is 0. The van der Waals surface area contributed by atoms with Gasteiger partial charge in [-0.3, -0.25) is 0 Å². The second-order valence-electron chi connectivity index (χ2n) is 5.97. The molecule has 0 saturated carbocycles. The Morgan fingerprint density at radius 1 is 0.727 bits per heavy atom. The monoisotopic (exact) mass is 308 g/mol. The van der Waals surface area contributed by atoms with Gasteiger partial charge in [-0.1, -0.05) is 123 Å². The fourth-order valence-corrected chi connectivity index (χ4v) is 2.51. The van der Waals surface area contributed by atoms with Crippen LogP contribution in [0.3, 0.4) is 0 Å². The zero-order valence-electron chi connectivity index (χ0n) is 16.4. The van der Waals surface area contributed by atoms with Gasteiger partial charge < -0.3 is 0 Å². The maximum absolute atomic E-state index is 2.28. The lowest BCUT2D eigenvalue weighted by Crippen LogP contribution is -1.83. The molecule has 0 aliphatic heterocycles. The van der Waals surface area contributed by atoms with Crippen molar-refractivity contribution in [3.8, 4) is 0 Å². The molecule has 0 saturated heterocycles. The Kier molecular flexibility index (Phi) is 24.6. The maximum atomic E-state index is 2.28. The Hall–Kier alpha value is -0.520. The van der Waals surface area contributed by atoms with E-state index in [4.69, 9.17) is 0 Å². The van der Waals surface area contributed by atoms with E-state index in [1.165, 1.54) is 83.5 Å². The molecule has 0 fully saturated rings. The first kappa shape index (κ1) is 23.7. The molecule has 0 aromatic carbocycles. The quantitative estimate of drug-likeness (QED) is 0.354. The highest BCUT2D eigenvalue weighted by atomic mass is 14.0. The van der Waals surface area contributed by atoms with Crippen LogP contribution in [0.4, 0.5) is 0 Å². The van der Waals surface area contributed by atoms with Gasteiger partial charge in [-0.2, -0.15) is 0 Å². The average Bonchev–Trinajstić information content (AvgIpc) is 2.60. The van der Waals surface area contributed by atoms with Crippen LogP contribution in [-0.4, -0.2) is 0 Å². The Morgan fingerprint density at radius 2 is 1.18 bits per heavy atom. The van der Waals surface area contributed by atoms with Crippen molar-refractivity contribution in [2.24, 2.45) is 0 Å². The van der Waals surface area contributed by atoms with Crippen molar-refractivity contribution in [1.82, 2.24) is 0 Å². The van der Waals surface area contributed by atoms with Crippen LogP contribution in [0.1, 0.15) is 118 Å². The predicted molar refractivity (Wildman–Crippen MR) is 106 cm³/mol. The molecule has 1 aliphatic carbocycles. The normalized spacial score (nSPS) is 12.7. The third kappa shape index (κ3) is 19.5. The van der Waals surface area contributed by atoms with Crippen molar-refractivity contribution in [1.29, 1.82) is 0 Å². The van der Waals surface area contributed by atoms with Crippen molar-refractivity contribution in [2.75, 3.05) is 0 Å². The van der Waals surface area contributed by atoms with Gasteiger partial charge in [0.15, 0.2) is 0 Å². The van der Waals surface area contributed by atoms with Gasteiger partial charge in [0.2, 0.25) is 0 Å². The molecule has 0 atom stereocenters. The van der Waals surface area contributed by atoms with Crippen LogP contribution in [0.2, 0.25) is 0 Å². The lowest BCUT2D eigenvalue weighted by atomic mass is 10.0. The molecule has 0 heterocycles. The summed E-state index contributed by atoms with van der Waals surface area (Å²) in [6.07, 6.45) is 24.8. The van der Waals surface area contributed by atoms with E-state index in [2.05, 4.69) is 39.0 Å². The lowest BCUT2D eigenvalue weighted by molar-refractivity contribution is 0.562. The zero-order chi connectivity index (χ0) is 16.9. The van der Waals surface area contributed by atoms with Gasteiger partial charge in [-0.05, 0) is 19.3 Å². The van der Waals surface area contributed by atoms with Gasteiger partial charge in [-0.25, -0.2) is 0 Å². The molecule has 0 unspecified atom stereocenters. The van der Waals surface area contributed by atoms with Crippen molar-refractivity contribution in [3.63, 3.8) is 0 Å². The number of allylic oxidation sites excluding steroid dienone is 4. The number of unbranched alkanes of at least 4 members (excludes halogenated alkanes) is 9. The lowest BCUT2D eigenvalue weighted by Gasteiger charge is -2.03. The highest BCUT2D eigenvalue weighted by Gasteiger charge is 1.93. The van der Waals surface area contributed by atoms with Gasteiger partial charge >= 0.3 is 0 Å². The minimum Gasteiger partial charge on any atom is -0.0842 e. The van der Waals surface area contributed by atoms with E-state index in [9.17, 15) is 0 Å². The van der Waals surface area contributed by atoms with E-state index in [1.807, 2.05) is 13.8 Å². The summed E-state index contributed by atoms with van der Waals surface area (Å²) in [5, 5.41) is 0. The topological polar surface area (TPSA) is 0 Å². The summed E-state index contributed by atoms with van der Waals surface area (Å²) in [6, 6.07) is 0. The Morgan fingerprint density at radius 3 is 1.45 bits per heavy atom. The second-order valence-corrected chi connectivity index (χ2v) is 5.97. The number of hydrogen-bond donors (Lipinski definition) is 0. The van der Waals surface area contributed by atoms with Gasteiger partial charge in [0.1, 0.15) is 0 Å².